The van der Waals surface area contributed by atoms with Gasteiger partial charge in [0.2, 0.25) is 23.7 Å². The van der Waals surface area contributed by atoms with Gasteiger partial charge >= 0.3 is 0 Å². The lowest BCUT2D eigenvalue weighted by molar-refractivity contribution is -0.126. The Labute approximate surface area is 185 Å². The summed E-state index contributed by atoms with van der Waals surface area (Å²) in [6.45, 7) is 2.96. The molecule has 0 spiro atoms. The first kappa shape index (κ1) is 21.9. The normalized spacial score (nSPS) is 18.7. The third-order valence-electron chi connectivity index (χ3n) is 5.41. The van der Waals surface area contributed by atoms with Crippen LogP contribution in [0.25, 0.3) is 0 Å². The molecule has 2 aromatic rings. The molecule has 0 bridgehead atoms. The summed E-state index contributed by atoms with van der Waals surface area (Å²) in [5.41, 5.74) is 0.579. The van der Waals surface area contributed by atoms with E-state index in [1.54, 1.807) is 4.90 Å². The fourth-order valence-corrected chi connectivity index (χ4v) is 3.64. The minimum Gasteiger partial charge on any atom is -0.378 e. The summed E-state index contributed by atoms with van der Waals surface area (Å²) in [5.74, 6) is 0.212. The van der Waals surface area contributed by atoms with Crippen molar-refractivity contribution in [1.29, 1.82) is 0 Å². The second-order valence-electron chi connectivity index (χ2n) is 7.95. The molecule has 0 radical (unpaired) electrons. The van der Waals surface area contributed by atoms with Gasteiger partial charge in [-0.1, -0.05) is 0 Å². The van der Waals surface area contributed by atoms with Crippen molar-refractivity contribution in [1.82, 2.24) is 20.3 Å². The number of hydrogen-bond donors (Lipinski definition) is 1. The average Bonchev–Trinajstić information content (AvgIpc) is 3.20. The van der Waals surface area contributed by atoms with Crippen molar-refractivity contribution in [3.8, 4) is 0 Å². The zero-order chi connectivity index (χ0) is 22.7. The van der Waals surface area contributed by atoms with Gasteiger partial charge in [0.1, 0.15) is 5.82 Å². The second-order valence-corrected chi connectivity index (χ2v) is 7.95. The molecule has 4 rings (SSSR count). The maximum atomic E-state index is 13.2. The van der Waals surface area contributed by atoms with Crippen LogP contribution in [0.1, 0.15) is 12.2 Å². The van der Waals surface area contributed by atoms with Gasteiger partial charge in [-0.2, -0.15) is 15.0 Å². The molecule has 32 heavy (non-hydrogen) atoms. The SMILES string of the molecule is CN(C)c1nc(CNC(=O)[C@H]2CC(=O)N(c3ccc(F)cc3)C2)nc(N2CCOCC2)n1. The van der Waals surface area contributed by atoms with Crippen LogP contribution in [-0.4, -0.2) is 73.7 Å². The number of rotatable bonds is 6. The lowest BCUT2D eigenvalue weighted by Crippen LogP contribution is -2.38. The smallest absolute Gasteiger partial charge is 0.230 e. The predicted octanol–water partition coefficient (Wildman–Crippen LogP) is 0.583. The van der Waals surface area contributed by atoms with Crippen LogP contribution in [0.3, 0.4) is 0 Å². The first-order valence-electron chi connectivity index (χ1n) is 10.5. The molecule has 0 aliphatic carbocycles. The van der Waals surface area contributed by atoms with Gasteiger partial charge in [-0.05, 0) is 24.3 Å². The van der Waals surface area contributed by atoms with Gasteiger partial charge in [0.05, 0.1) is 25.7 Å². The van der Waals surface area contributed by atoms with E-state index in [4.69, 9.17) is 4.74 Å². The maximum absolute atomic E-state index is 13.2. The Bertz CT molecular complexity index is 980. The van der Waals surface area contributed by atoms with Crippen molar-refractivity contribution in [2.75, 3.05) is 61.6 Å². The number of ether oxygens (including phenoxy) is 1. The summed E-state index contributed by atoms with van der Waals surface area (Å²) < 4.78 is 18.6. The summed E-state index contributed by atoms with van der Waals surface area (Å²) in [5, 5.41) is 2.85. The molecule has 1 atom stereocenters. The van der Waals surface area contributed by atoms with Gasteiger partial charge in [0.25, 0.3) is 0 Å². The summed E-state index contributed by atoms with van der Waals surface area (Å²) in [6.07, 6.45) is 0.0996. The molecule has 2 aliphatic heterocycles. The number of hydrogen-bond acceptors (Lipinski definition) is 8. The summed E-state index contributed by atoms with van der Waals surface area (Å²) in [7, 11) is 3.68. The van der Waals surface area contributed by atoms with Crippen LogP contribution in [0.4, 0.5) is 22.0 Å². The number of aromatic nitrogens is 3. The molecular formula is C21H26FN7O3. The van der Waals surface area contributed by atoms with Crippen molar-refractivity contribution >= 4 is 29.4 Å². The topological polar surface area (TPSA) is 104 Å². The van der Waals surface area contributed by atoms with E-state index in [-0.39, 0.29) is 37.1 Å². The number of anilines is 3. The molecule has 170 valence electrons. The molecule has 2 fully saturated rings. The van der Waals surface area contributed by atoms with Crippen molar-refractivity contribution in [3.63, 3.8) is 0 Å². The summed E-state index contributed by atoms with van der Waals surface area (Å²) in [6, 6.07) is 5.67. The van der Waals surface area contributed by atoms with Gasteiger partial charge < -0.3 is 24.8 Å². The van der Waals surface area contributed by atoms with E-state index in [0.29, 0.717) is 49.7 Å². The van der Waals surface area contributed by atoms with E-state index < -0.39 is 5.92 Å². The van der Waals surface area contributed by atoms with Crippen molar-refractivity contribution < 1.29 is 18.7 Å². The van der Waals surface area contributed by atoms with Crippen LogP contribution in [0.5, 0.6) is 0 Å². The molecular weight excluding hydrogens is 417 g/mol. The van der Waals surface area contributed by atoms with E-state index in [1.807, 2.05) is 19.0 Å². The highest BCUT2D eigenvalue weighted by atomic mass is 19.1. The van der Waals surface area contributed by atoms with Gasteiger partial charge in [-0.3, -0.25) is 9.59 Å². The minimum atomic E-state index is -0.499. The molecule has 11 heteroatoms. The highest BCUT2D eigenvalue weighted by Gasteiger charge is 2.35. The monoisotopic (exact) mass is 443 g/mol. The molecule has 2 amide bonds. The van der Waals surface area contributed by atoms with Crippen LogP contribution in [-0.2, 0) is 20.9 Å². The third kappa shape index (κ3) is 4.93. The zero-order valence-corrected chi connectivity index (χ0v) is 18.1. The van der Waals surface area contributed by atoms with Crippen LogP contribution in [0, 0.1) is 11.7 Å². The fourth-order valence-electron chi connectivity index (χ4n) is 3.64. The minimum absolute atomic E-state index is 0.0996. The fraction of sp³-hybridized carbons (Fsp3) is 0.476. The molecule has 3 heterocycles. The zero-order valence-electron chi connectivity index (χ0n) is 18.1. The average molecular weight is 443 g/mol. The third-order valence-corrected chi connectivity index (χ3v) is 5.41. The van der Waals surface area contributed by atoms with Gasteiger partial charge in [-0.15, -0.1) is 0 Å². The Morgan fingerprint density at radius 3 is 2.59 bits per heavy atom. The Hall–Kier alpha value is -3.34. The van der Waals surface area contributed by atoms with Crippen molar-refractivity contribution in [2.45, 2.75) is 13.0 Å². The number of nitrogens with zero attached hydrogens (tertiary/aromatic N) is 6. The first-order chi connectivity index (χ1) is 15.4. The highest BCUT2D eigenvalue weighted by Crippen LogP contribution is 2.25. The van der Waals surface area contributed by atoms with Gasteiger partial charge in [-0.25, -0.2) is 4.39 Å². The summed E-state index contributed by atoms with van der Waals surface area (Å²) >= 11 is 0. The van der Waals surface area contributed by atoms with Gasteiger partial charge in [0, 0.05) is 45.8 Å². The molecule has 10 nitrogen and oxygen atoms in total. The Morgan fingerprint density at radius 1 is 1.19 bits per heavy atom. The van der Waals surface area contributed by atoms with E-state index in [9.17, 15) is 14.0 Å². The molecule has 1 aromatic heterocycles. The van der Waals surface area contributed by atoms with Crippen LogP contribution in [0.15, 0.2) is 24.3 Å². The van der Waals surface area contributed by atoms with Crippen molar-refractivity contribution in [2.24, 2.45) is 5.92 Å². The quantitative estimate of drug-likeness (QED) is 0.692. The molecule has 2 saturated heterocycles. The number of halogens is 1. The number of nitrogens with one attached hydrogen (secondary N) is 1. The summed E-state index contributed by atoms with van der Waals surface area (Å²) in [4.78, 5) is 43.9. The van der Waals surface area contributed by atoms with E-state index >= 15 is 0 Å². The largest absolute Gasteiger partial charge is 0.378 e. The lowest BCUT2D eigenvalue weighted by atomic mass is 10.1. The molecule has 1 N–H and O–H groups in total. The molecule has 2 aliphatic rings. The standard InChI is InChI=1S/C21H26FN7O3/c1-27(2)20-24-17(25-21(26-20)28-7-9-32-10-8-28)12-23-19(31)14-11-18(30)29(13-14)16-5-3-15(22)4-6-16/h3-6,14H,7-13H2,1-2H3,(H,23,31)/t14-/m0/s1. The first-order valence-corrected chi connectivity index (χ1v) is 10.5. The number of morpholine rings is 1. The molecule has 1 aromatic carbocycles. The number of carbonyl (C=O) groups excluding carboxylic acids is 2. The van der Waals surface area contributed by atoms with E-state index in [2.05, 4.69) is 20.3 Å². The number of benzene rings is 1. The Balaban J connectivity index is 1.41. The van der Waals surface area contributed by atoms with Crippen molar-refractivity contribution in [3.05, 3.63) is 35.9 Å². The Kier molecular flexibility index (Phi) is 6.45. The number of carbonyl (C=O) groups is 2. The predicted molar refractivity (Wildman–Crippen MR) is 116 cm³/mol. The van der Waals surface area contributed by atoms with E-state index in [0.717, 1.165) is 0 Å². The Morgan fingerprint density at radius 2 is 1.91 bits per heavy atom. The molecule has 0 unspecified atom stereocenters. The van der Waals surface area contributed by atoms with Crippen LogP contribution in [0.2, 0.25) is 0 Å². The van der Waals surface area contributed by atoms with E-state index in [1.165, 1.54) is 29.2 Å². The molecule has 0 saturated carbocycles. The van der Waals surface area contributed by atoms with Crippen LogP contribution >= 0.6 is 0 Å². The maximum Gasteiger partial charge on any atom is 0.230 e. The van der Waals surface area contributed by atoms with Gasteiger partial charge in [0.15, 0.2) is 5.82 Å². The van der Waals surface area contributed by atoms with Crippen LogP contribution < -0.4 is 20.0 Å². The lowest BCUT2D eigenvalue weighted by Gasteiger charge is -2.27. The highest BCUT2D eigenvalue weighted by molar-refractivity contribution is 6.00. The number of amides is 2. The second kappa shape index (κ2) is 9.43.